The monoisotopic (exact) mass is 396 g/mol. The zero-order valence-corrected chi connectivity index (χ0v) is 16.9. The lowest BCUT2D eigenvalue weighted by molar-refractivity contribution is 0.0592. The fourth-order valence-electron chi connectivity index (χ4n) is 4.46. The Morgan fingerprint density at radius 1 is 1.04 bits per heavy atom. The molecule has 7 heteroatoms. The highest BCUT2D eigenvalue weighted by Crippen LogP contribution is 2.29. The maximum absolute atomic E-state index is 12.9. The third kappa shape index (κ3) is 3.99. The second kappa shape index (κ2) is 7.60. The summed E-state index contributed by atoms with van der Waals surface area (Å²) in [6.07, 6.45) is 8.06. The van der Waals surface area contributed by atoms with E-state index in [0.717, 1.165) is 37.2 Å². The van der Waals surface area contributed by atoms with Gasteiger partial charge in [0.05, 0.1) is 16.4 Å². The van der Waals surface area contributed by atoms with Crippen molar-refractivity contribution in [3.63, 3.8) is 0 Å². The number of thiophene rings is 1. The quantitative estimate of drug-likeness (QED) is 0.770. The summed E-state index contributed by atoms with van der Waals surface area (Å²) in [6, 6.07) is 2.29. The summed E-state index contributed by atoms with van der Waals surface area (Å²) < 4.78 is 23.4. The van der Waals surface area contributed by atoms with E-state index in [4.69, 9.17) is 0 Å². The molecule has 26 heavy (non-hydrogen) atoms. The van der Waals surface area contributed by atoms with E-state index in [1.807, 2.05) is 4.90 Å². The van der Waals surface area contributed by atoms with E-state index in [1.165, 1.54) is 36.1 Å². The average molecular weight is 397 g/mol. The van der Waals surface area contributed by atoms with Gasteiger partial charge in [-0.3, -0.25) is 9.69 Å². The molecule has 2 fully saturated rings. The molecule has 1 unspecified atom stereocenters. The SMILES string of the molecule is O=C(c1cc2c(s1)CCCCCC2)N1CCN(C2CCS(=O)(=O)C2)CC1. The summed E-state index contributed by atoms with van der Waals surface area (Å²) in [5, 5.41) is 0. The molecule has 0 saturated carbocycles. The second-order valence-electron chi connectivity index (χ2n) is 7.86. The minimum atomic E-state index is -2.85. The highest BCUT2D eigenvalue weighted by Gasteiger charge is 2.34. The van der Waals surface area contributed by atoms with Crippen LogP contribution in [0.1, 0.15) is 52.2 Å². The molecule has 0 bridgehead atoms. The predicted octanol–water partition coefficient (Wildman–Crippen LogP) is 2.35. The number of hydrogen-bond acceptors (Lipinski definition) is 5. The van der Waals surface area contributed by atoms with Crippen molar-refractivity contribution in [3.8, 4) is 0 Å². The van der Waals surface area contributed by atoms with Gasteiger partial charge in [-0.1, -0.05) is 12.8 Å². The zero-order valence-electron chi connectivity index (χ0n) is 15.3. The minimum absolute atomic E-state index is 0.152. The van der Waals surface area contributed by atoms with E-state index in [2.05, 4.69) is 11.0 Å². The summed E-state index contributed by atoms with van der Waals surface area (Å²) in [5.41, 5.74) is 1.40. The van der Waals surface area contributed by atoms with Gasteiger partial charge in [0.25, 0.3) is 5.91 Å². The smallest absolute Gasteiger partial charge is 0.264 e. The third-order valence-corrected chi connectivity index (χ3v) is 9.01. The molecule has 144 valence electrons. The molecule has 2 aliphatic heterocycles. The number of nitrogens with zero attached hydrogens (tertiary/aromatic N) is 2. The molecular formula is C19H28N2O3S2. The summed E-state index contributed by atoms with van der Waals surface area (Å²) in [7, 11) is -2.85. The first-order valence-electron chi connectivity index (χ1n) is 9.87. The van der Waals surface area contributed by atoms with Crippen LogP contribution in [0.15, 0.2) is 6.07 Å². The Morgan fingerprint density at radius 3 is 2.46 bits per heavy atom. The lowest BCUT2D eigenvalue weighted by Crippen LogP contribution is -2.52. The van der Waals surface area contributed by atoms with Crippen LogP contribution in [0.5, 0.6) is 0 Å². The standard InChI is InChI=1S/C19H28N2O3S2/c22-19(18-13-15-5-3-1-2-4-6-17(15)25-18)21-10-8-20(9-11-21)16-7-12-26(23,24)14-16/h13,16H,1-12,14H2. The number of aryl methyl sites for hydroxylation is 2. The van der Waals surface area contributed by atoms with Crippen molar-refractivity contribution >= 4 is 27.1 Å². The summed E-state index contributed by atoms with van der Waals surface area (Å²) in [4.78, 5) is 19.5. The number of amides is 1. The Bertz CT molecular complexity index is 738. The molecule has 0 radical (unpaired) electrons. The van der Waals surface area contributed by atoms with Gasteiger partial charge < -0.3 is 4.90 Å². The Labute approximate surface area is 160 Å². The van der Waals surface area contributed by atoms with Gasteiger partial charge in [0.1, 0.15) is 0 Å². The molecule has 0 spiro atoms. The molecule has 1 aliphatic carbocycles. The van der Waals surface area contributed by atoms with Crippen LogP contribution in [0, 0.1) is 0 Å². The Kier molecular flexibility index (Phi) is 5.39. The van der Waals surface area contributed by atoms with Crippen molar-refractivity contribution in [1.82, 2.24) is 9.80 Å². The van der Waals surface area contributed by atoms with E-state index in [9.17, 15) is 13.2 Å². The average Bonchev–Trinajstić information content (AvgIpc) is 3.17. The topological polar surface area (TPSA) is 57.7 Å². The van der Waals surface area contributed by atoms with E-state index < -0.39 is 9.84 Å². The van der Waals surface area contributed by atoms with Crippen LogP contribution >= 0.6 is 11.3 Å². The maximum atomic E-state index is 12.9. The van der Waals surface area contributed by atoms with Crippen LogP contribution in [0.2, 0.25) is 0 Å². The maximum Gasteiger partial charge on any atom is 0.264 e. The van der Waals surface area contributed by atoms with E-state index in [1.54, 1.807) is 11.3 Å². The number of piperazine rings is 1. The number of rotatable bonds is 2. The van der Waals surface area contributed by atoms with Gasteiger partial charge in [0.2, 0.25) is 0 Å². The molecule has 1 amide bonds. The van der Waals surface area contributed by atoms with Crippen molar-refractivity contribution in [2.45, 2.75) is 51.0 Å². The molecule has 3 aliphatic rings. The highest BCUT2D eigenvalue weighted by atomic mass is 32.2. The third-order valence-electron chi connectivity index (χ3n) is 6.03. The summed E-state index contributed by atoms with van der Waals surface area (Å²) >= 11 is 1.70. The highest BCUT2D eigenvalue weighted by molar-refractivity contribution is 7.91. The van der Waals surface area contributed by atoms with Gasteiger partial charge in [0, 0.05) is 37.1 Å². The van der Waals surface area contributed by atoms with E-state index in [0.29, 0.717) is 24.6 Å². The van der Waals surface area contributed by atoms with Crippen molar-refractivity contribution in [2.24, 2.45) is 0 Å². The zero-order chi connectivity index (χ0) is 18.1. The fraction of sp³-hybridized carbons (Fsp3) is 0.737. The van der Waals surface area contributed by atoms with Crippen molar-refractivity contribution in [3.05, 3.63) is 21.4 Å². The van der Waals surface area contributed by atoms with Crippen LogP contribution in [0.4, 0.5) is 0 Å². The second-order valence-corrected chi connectivity index (χ2v) is 11.2. The molecule has 3 heterocycles. The Balaban J connectivity index is 1.37. The van der Waals surface area contributed by atoms with E-state index >= 15 is 0 Å². The lowest BCUT2D eigenvalue weighted by atomic mass is 10.00. The van der Waals surface area contributed by atoms with Crippen LogP contribution in [-0.4, -0.2) is 67.9 Å². The largest absolute Gasteiger partial charge is 0.335 e. The molecule has 1 aromatic rings. The number of sulfone groups is 1. The van der Waals surface area contributed by atoms with Crippen LogP contribution in [-0.2, 0) is 22.7 Å². The minimum Gasteiger partial charge on any atom is -0.335 e. The molecule has 0 aromatic carbocycles. The van der Waals surface area contributed by atoms with Gasteiger partial charge in [-0.15, -0.1) is 11.3 Å². The van der Waals surface area contributed by atoms with Gasteiger partial charge in [0.15, 0.2) is 9.84 Å². The molecule has 1 aromatic heterocycles. The number of hydrogen-bond donors (Lipinski definition) is 0. The van der Waals surface area contributed by atoms with Crippen molar-refractivity contribution in [1.29, 1.82) is 0 Å². The molecule has 0 N–H and O–H groups in total. The van der Waals surface area contributed by atoms with Crippen LogP contribution in [0.25, 0.3) is 0 Å². The number of carbonyl (C=O) groups is 1. The lowest BCUT2D eigenvalue weighted by Gasteiger charge is -2.37. The molecular weight excluding hydrogens is 368 g/mol. The van der Waals surface area contributed by atoms with Crippen molar-refractivity contribution < 1.29 is 13.2 Å². The number of carbonyl (C=O) groups excluding carboxylic acids is 1. The summed E-state index contributed by atoms with van der Waals surface area (Å²) in [5.74, 6) is 0.774. The Hall–Kier alpha value is -0.920. The summed E-state index contributed by atoms with van der Waals surface area (Å²) in [6.45, 7) is 2.99. The predicted molar refractivity (Wildman–Crippen MR) is 105 cm³/mol. The molecule has 4 rings (SSSR count). The van der Waals surface area contributed by atoms with Crippen molar-refractivity contribution in [2.75, 3.05) is 37.7 Å². The fourth-order valence-corrected chi connectivity index (χ4v) is 7.44. The molecule has 5 nitrogen and oxygen atoms in total. The van der Waals surface area contributed by atoms with Gasteiger partial charge in [-0.25, -0.2) is 8.42 Å². The van der Waals surface area contributed by atoms with Gasteiger partial charge >= 0.3 is 0 Å². The Morgan fingerprint density at radius 2 is 1.77 bits per heavy atom. The van der Waals surface area contributed by atoms with Crippen LogP contribution < -0.4 is 0 Å². The normalized spacial score (nSPS) is 26.9. The molecule has 1 atom stereocenters. The molecule has 2 saturated heterocycles. The number of fused-ring (bicyclic) bond motifs is 1. The first kappa shape index (κ1) is 18.4. The van der Waals surface area contributed by atoms with Crippen LogP contribution in [0.3, 0.4) is 0 Å². The van der Waals surface area contributed by atoms with E-state index in [-0.39, 0.29) is 11.9 Å². The first-order chi connectivity index (χ1) is 12.5. The van der Waals surface area contributed by atoms with Gasteiger partial charge in [-0.2, -0.15) is 0 Å². The first-order valence-corrected chi connectivity index (χ1v) is 12.5. The van der Waals surface area contributed by atoms with Gasteiger partial charge in [-0.05, 0) is 43.7 Å².